The molecule has 1 aliphatic heterocycles. The van der Waals surface area contributed by atoms with Crippen LogP contribution in [0.1, 0.15) is 19.3 Å². The predicted molar refractivity (Wildman–Crippen MR) is 78.6 cm³/mol. The molecule has 1 fully saturated rings. The number of rotatable bonds is 5. The van der Waals surface area contributed by atoms with E-state index in [9.17, 15) is 9.59 Å². The molecule has 114 valence electrons. The number of para-hydroxylation sites is 2. The maximum atomic E-state index is 12.2. The number of benzene rings is 1. The van der Waals surface area contributed by atoms with Crippen molar-refractivity contribution in [1.29, 1.82) is 0 Å². The summed E-state index contributed by atoms with van der Waals surface area (Å²) in [5.74, 6) is 0.101. The fraction of sp³-hybridized carbons (Fsp3) is 0.467. The third-order valence-electron chi connectivity index (χ3n) is 3.69. The lowest BCUT2D eigenvalue weighted by Crippen LogP contribution is -2.33. The molecule has 1 heterocycles. The zero-order valence-corrected chi connectivity index (χ0v) is 12.0. The smallest absolute Gasteiger partial charge is 0.321 e. The Bertz CT molecular complexity index is 518. The minimum Gasteiger partial charge on any atom is -0.495 e. The number of carbonyl (C=O) groups excluding carboxylic acids is 1. The van der Waals surface area contributed by atoms with Crippen LogP contribution in [0.2, 0.25) is 0 Å². The topological polar surface area (TPSA) is 78.9 Å². The van der Waals surface area contributed by atoms with E-state index in [1.165, 1.54) is 0 Å². The summed E-state index contributed by atoms with van der Waals surface area (Å²) >= 11 is 0. The van der Waals surface area contributed by atoms with Gasteiger partial charge in [0.15, 0.2) is 0 Å². The molecule has 0 bridgehead atoms. The van der Waals surface area contributed by atoms with E-state index in [0.717, 1.165) is 6.42 Å². The molecular weight excluding hydrogens is 272 g/mol. The fourth-order valence-corrected chi connectivity index (χ4v) is 2.52. The molecule has 0 aromatic heterocycles. The van der Waals surface area contributed by atoms with Crippen LogP contribution in [0.3, 0.4) is 0 Å². The van der Waals surface area contributed by atoms with E-state index in [-0.39, 0.29) is 18.4 Å². The number of amides is 2. The van der Waals surface area contributed by atoms with Gasteiger partial charge in [-0.3, -0.25) is 4.79 Å². The number of nitrogens with zero attached hydrogens (tertiary/aromatic N) is 1. The average Bonchev–Trinajstić information content (AvgIpc) is 2.94. The molecule has 1 saturated heterocycles. The monoisotopic (exact) mass is 292 g/mol. The number of hydrogen-bond donors (Lipinski definition) is 2. The molecule has 1 aliphatic rings. The molecule has 6 nitrogen and oxygen atoms in total. The molecule has 1 aromatic rings. The Morgan fingerprint density at radius 3 is 2.90 bits per heavy atom. The molecule has 0 saturated carbocycles. The highest BCUT2D eigenvalue weighted by molar-refractivity contribution is 5.91. The largest absolute Gasteiger partial charge is 0.495 e. The maximum Gasteiger partial charge on any atom is 0.321 e. The standard InChI is InChI=1S/C15H20N2O4/c1-21-13-5-3-2-4-12(13)16-15(20)17-9-8-11(10-17)6-7-14(18)19/h2-5,11H,6-10H2,1H3,(H,16,20)(H,18,19). The maximum absolute atomic E-state index is 12.2. The van der Waals surface area contributed by atoms with Crippen molar-refractivity contribution in [3.05, 3.63) is 24.3 Å². The second kappa shape index (κ2) is 6.97. The summed E-state index contributed by atoms with van der Waals surface area (Å²) in [7, 11) is 1.56. The average molecular weight is 292 g/mol. The van der Waals surface area contributed by atoms with Gasteiger partial charge in [-0.05, 0) is 30.9 Å². The van der Waals surface area contributed by atoms with Crippen molar-refractivity contribution in [2.24, 2.45) is 5.92 Å². The van der Waals surface area contributed by atoms with E-state index in [2.05, 4.69) is 5.32 Å². The highest BCUT2D eigenvalue weighted by atomic mass is 16.5. The fourth-order valence-electron chi connectivity index (χ4n) is 2.52. The van der Waals surface area contributed by atoms with Crippen molar-refractivity contribution in [3.63, 3.8) is 0 Å². The van der Waals surface area contributed by atoms with Gasteiger partial charge >= 0.3 is 12.0 Å². The van der Waals surface area contributed by atoms with Crippen molar-refractivity contribution in [2.45, 2.75) is 19.3 Å². The summed E-state index contributed by atoms with van der Waals surface area (Å²) in [5, 5.41) is 11.5. The number of likely N-dealkylation sites (tertiary alicyclic amines) is 1. The van der Waals surface area contributed by atoms with Gasteiger partial charge < -0.3 is 20.1 Å². The van der Waals surface area contributed by atoms with Crippen LogP contribution in [-0.2, 0) is 4.79 Å². The second-order valence-corrected chi connectivity index (χ2v) is 5.16. The number of hydrogen-bond acceptors (Lipinski definition) is 3. The zero-order chi connectivity index (χ0) is 15.2. The van der Waals surface area contributed by atoms with Gasteiger partial charge in [-0.1, -0.05) is 12.1 Å². The number of carboxylic acids is 1. The first-order valence-electron chi connectivity index (χ1n) is 7.01. The molecule has 0 spiro atoms. The SMILES string of the molecule is COc1ccccc1NC(=O)N1CCC(CCC(=O)O)C1. The van der Waals surface area contributed by atoms with Crippen molar-refractivity contribution in [3.8, 4) is 5.75 Å². The Labute approximate surface area is 123 Å². The highest BCUT2D eigenvalue weighted by Gasteiger charge is 2.26. The van der Waals surface area contributed by atoms with Crippen molar-refractivity contribution >= 4 is 17.7 Å². The number of anilines is 1. The van der Waals surface area contributed by atoms with Crippen molar-refractivity contribution in [2.75, 3.05) is 25.5 Å². The third kappa shape index (κ3) is 4.11. The van der Waals surface area contributed by atoms with Crippen molar-refractivity contribution < 1.29 is 19.4 Å². The number of methoxy groups -OCH3 is 1. The summed E-state index contributed by atoms with van der Waals surface area (Å²) in [6, 6.07) is 7.07. The predicted octanol–water partition coefficient (Wildman–Crippen LogP) is 2.41. The lowest BCUT2D eigenvalue weighted by atomic mass is 10.0. The Balaban J connectivity index is 1.88. The summed E-state index contributed by atoms with van der Waals surface area (Å²) in [6.45, 7) is 1.26. The number of urea groups is 1. The first-order chi connectivity index (χ1) is 10.1. The third-order valence-corrected chi connectivity index (χ3v) is 3.69. The lowest BCUT2D eigenvalue weighted by molar-refractivity contribution is -0.137. The molecule has 1 aromatic carbocycles. The van der Waals surface area contributed by atoms with Gasteiger partial charge in [0.25, 0.3) is 0 Å². The molecule has 2 N–H and O–H groups in total. The minimum absolute atomic E-state index is 0.159. The number of aliphatic carboxylic acids is 1. The van der Waals surface area contributed by atoms with Crippen LogP contribution < -0.4 is 10.1 Å². The molecule has 1 atom stereocenters. The van der Waals surface area contributed by atoms with E-state index in [1.807, 2.05) is 12.1 Å². The van der Waals surface area contributed by atoms with Gasteiger partial charge in [-0.2, -0.15) is 0 Å². The first-order valence-corrected chi connectivity index (χ1v) is 7.01. The van der Waals surface area contributed by atoms with E-state index < -0.39 is 5.97 Å². The van der Waals surface area contributed by atoms with E-state index in [4.69, 9.17) is 9.84 Å². The van der Waals surface area contributed by atoms with E-state index >= 15 is 0 Å². The quantitative estimate of drug-likeness (QED) is 0.873. The van der Waals surface area contributed by atoms with E-state index in [0.29, 0.717) is 30.9 Å². The molecule has 0 aliphatic carbocycles. The lowest BCUT2D eigenvalue weighted by Gasteiger charge is -2.18. The zero-order valence-electron chi connectivity index (χ0n) is 12.0. The number of nitrogens with one attached hydrogen (secondary N) is 1. The van der Waals surface area contributed by atoms with Gasteiger partial charge in [-0.25, -0.2) is 4.79 Å². The minimum atomic E-state index is -0.785. The molecular formula is C15H20N2O4. The Morgan fingerprint density at radius 1 is 1.43 bits per heavy atom. The molecule has 2 rings (SSSR count). The molecule has 0 radical (unpaired) electrons. The van der Waals surface area contributed by atoms with Crippen LogP contribution in [0, 0.1) is 5.92 Å². The normalized spacial score (nSPS) is 17.6. The first kappa shape index (κ1) is 15.2. The number of ether oxygens (including phenoxy) is 1. The second-order valence-electron chi connectivity index (χ2n) is 5.16. The Hall–Kier alpha value is -2.24. The van der Waals surface area contributed by atoms with Gasteiger partial charge in [0.2, 0.25) is 0 Å². The molecule has 6 heteroatoms. The van der Waals surface area contributed by atoms with Crippen LogP contribution in [0.15, 0.2) is 24.3 Å². The van der Waals surface area contributed by atoms with Crippen LogP contribution in [-0.4, -0.2) is 42.2 Å². The van der Waals surface area contributed by atoms with Gasteiger partial charge in [0.05, 0.1) is 12.8 Å². The molecule has 1 unspecified atom stereocenters. The van der Waals surface area contributed by atoms with Crippen LogP contribution in [0.25, 0.3) is 0 Å². The van der Waals surface area contributed by atoms with Crippen LogP contribution >= 0.6 is 0 Å². The Kier molecular flexibility index (Phi) is 5.03. The summed E-state index contributed by atoms with van der Waals surface area (Å²) < 4.78 is 5.20. The summed E-state index contributed by atoms with van der Waals surface area (Å²) in [6.07, 6.45) is 1.63. The number of carboxylic acid groups (broad SMARTS) is 1. The van der Waals surface area contributed by atoms with Gasteiger partial charge in [0, 0.05) is 19.5 Å². The van der Waals surface area contributed by atoms with Crippen molar-refractivity contribution in [1.82, 2.24) is 4.90 Å². The highest BCUT2D eigenvalue weighted by Crippen LogP contribution is 2.25. The van der Waals surface area contributed by atoms with Gasteiger partial charge in [-0.15, -0.1) is 0 Å². The summed E-state index contributed by atoms with van der Waals surface area (Å²) in [4.78, 5) is 24.5. The van der Waals surface area contributed by atoms with Crippen LogP contribution in [0.4, 0.5) is 10.5 Å². The Morgan fingerprint density at radius 2 is 2.19 bits per heavy atom. The molecule has 21 heavy (non-hydrogen) atoms. The summed E-state index contributed by atoms with van der Waals surface area (Å²) in [5.41, 5.74) is 0.638. The van der Waals surface area contributed by atoms with Gasteiger partial charge in [0.1, 0.15) is 5.75 Å². The van der Waals surface area contributed by atoms with E-state index in [1.54, 1.807) is 24.1 Å². The number of carbonyl (C=O) groups is 2. The van der Waals surface area contributed by atoms with Crippen LogP contribution in [0.5, 0.6) is 5.75 Å². The molecule has 2 amide bonds.